The van der Waals surface area contributed by atoms with E-state index in [2.05, 4.69) is 9.89 Å². The second-order valence-electron chi connectivity index (χ2n) is 5.03. The van der Waals surface area contributed by atoms with E-state index in [1.807, 2.05) is 11.8 Å². The molecule has 0 atom stereocenters. The predicted octanol–water partition coefficient (Wildman–Crippen LogP) is 3.72. The molecule has 0 N–H and O–H groups in total. The van der Waals surface area contributed by atoms with Crippen LogP contribution in [0.3, 0.4) is 0 Å². The summed E-state index contributed by atoms with van der Waals surface area (Å²) in [6, 6.07) is 4.75. The summed E-state index contributed by atoms with van der Waals surface area (Å²) in [5.74, 6) is 1.68. The largest absolute Gasteiger partial charge is 0.416 e. The molecule has 0 saturated carbocycles. The molecular formula is C15H13F3N2OS2. The molecule has 3 nitrogen and oxygen atoms in total. The smallest absolute Gasteiger partial charge is 0.349 e. The standard InChI is InChI=1S/C15H13F3N2OS2/c16-15(17,18)11-3-1-10(2-4-11)9-12-13(21)19-14(23-12)20-5-7-22-8-6-20/h1-4,9H,5-8H2. The van der Waals surface area contributed by atoms with Crippen LogP contribution in [0.1, 0.15) is 11.1 Å². The molecule has 1 aromatic carbocycles. The number of amidine groups is 1. The molecular weight excluding hydrogens is 345 g/mol. The molecule has 0 spiro atoms. The quantitative estimate of drug-likeness (QED) is 0.716. The number of aliphatic imine (C=N–C) groups is 1. The first-order valence-electron chi connectivity index (χ1n) is 6.96. The molecule has 0 aromatic heterocycles. The Bertz CT molecular complexity index is 662. The van der Waals surface area contributed by atoms with E-state index >= 15 is 0 Å². The topological polar surface area (TPSA) is 32.7 Å². The zero-order chi connectivity index (χ0) is 16.4. The molecule has 2 aliphatic rings. The number of alkyl halides is 3. The van der Waals surface area contributed by atoms with Gasteiger partial charge in [0.2, 0.25) is 0 Å². The number of hydrogen-bond donors (Lipinski definition) is 0. The summed E-state index contributed by atoms with van der Waals surface area (Å²) in [6.07, 6.45) is -2.77. The third-order valence-electron chi connectivity index (χ3n) is 3.43. The third kappa shape index (κ3) is 3.92. The third-order valence-corrected chi connectivity index (χ3v) is 5.41. The second kappa shape index (κ2) is 6.60. The van der Waals surface area contributed by atoms with Crippen LogP contribution in [0, 0.1) is 0 Å². The maximum Gasteiger partial charge on any atom is 0.416 e. The number of halogens is 3. The van der Waals surface area contributed by atoms with Crippen molar-refractivity contribution in [2.75, 3.05) is 24.6 Å². The number of benzene rings is 1. The number of carbonyl (C=O) groups excluding carboxylic acids is 1. The van der Waals surface area contributed by atoms with Crippen molar-refractivity contribution in [2.45, 2.75) is 6.18 Å². The summed E-state index contributed by atoms with van der Waals surface area (Å²) in [4.78, 5) is 18.5. The van der Waals surface area contributed by atoms with Gasteiger partial charge < -0.3 is 4.90 Å². The minimum atomic E-state index is -4.36. The van der Waals surface area contributed by atoms with Crippen molar-refractivity contribution in [3.63, 3.8) is 0 Å². The first-order chi connectivity index (χ1) is 10.9. The van der Waals surface area contributed by atoms with Crippen LogP contribution in [0.2, 0.25) is 0 Å². The van der Waals surface area contributed by atoms with Gasteiger partial charge in [0.05, 0.1) is 10.5 Å². The van der Waals surface area contributed by atoms with Gasteiger partial charge in [-0.1, -0.05) is 12.1 Å². The van der Waals surface area contributed by atoms with Crippen LogP contribution >= 0.6 is 23.5 Å². The van der Waals surface area contributed by atoms with Crippen molar-refractivity contribution < 1.29 is 18.0 Å². The number of rotatable bonds is 1. The van der Waals surface area contributed by atoms with Crippen LogP contribution in [-0.4, -0.2) is 40.6 Å². The van der Waals surface area contributed by atoms with Gasteiger partial charge >= 0.3 is 6.18 Å². The minimum absolute atomic E-state index is 0.330. The van der Waals surface area contributed by atoms with Crippen molar-refractivity contribution in [1.29, 1.82) is 0 Å². The summed E-state index contributed by atoms with van der Waals surface area (Å²) in [5.41, 5.74) is -0.146. The highest BCUT2D eigenvalue weighted by atomic mass is 32.2. The molecule has 2 aliphatic heterocycles. The molecule has 122 valence electrons. The van der Waals surface area contributed by atoms with Gasteiger partial charge in [-0.15, -0.1) is 0 Å². The Labute approximate surface area is 140 Å². The van der Waals surface area contributed by atoms with Crippen LogP contribution in [0.15, 0.2) is 34.2 Å². The summed E-state index contributed by atoms with van der Waals surface area (Å²) in [7, 11) is 0. The van der Waals surface area contributed by atoms with Crippen LogP contribution in [0.25, 0.3) is 6.08 Å². The lowest BCUT2D eigenvalue weighted by molar-refractivity contribution is -0.137. The average Bonchev–Trinajstić information content (AvgIpc) is 2.89. The zero-order valence-corrected chi connectivity index (χ0v) is 13.6. The number of hydrogen-bond acceptors (Lipinski definition) is 4. The Balaban J connectivity index is 1.72. The molecule has 0 unspecified atom stereocenters. The van der Waals surface area contributed by atoms with Gasteiger partial charge in [0, 0.05) is 24.6 Å². The van der Waals surface area contributed by atoms with Gasteiger partial charge in [0.25, 0.3) is 5.91 Å². The lowest BCUT2D eigenvalue weighted by Crippen LogP contribution is -2.35. The van der Waals surface area contributed by atoms with Crippen molar-refractivity contribution in [3.05, 3.63) is 40.3 Å². The SMILES string of the molecule is O=C1N=C(N2CCSCC2)SC1=Cc1ccc(C(F)(F)F)cc1. The van der Waals surface area contributed by atoms with Gasteiger partial charge in [-0.3, -0.25) is 4.79 Å². The normalized spacial score (nSPS) is 21.0. The van der Waals surface area contributed by atoms with E-state index in [-0.39, 0.29) is 5.91 Å². The van der Waals surface area contributed by atoms with E-state index in [1.54, 1.807) is 6.08 Å². The molecule has 8 heteroatoms. The van der Waals surface area contributed by atoms with Gasteiger partial charge in [-0.05, 0) is 35.5 Å². The Hall–Kier alpha value is -1.41. The van der Waals surface area contributed by atoms with Gasteiger partial charge in [0.1, 0.15) is 0 Å². The highest BCUT2D eigenvalue weighted by Gasteiger charge is 2.30. The first kappa shape index (κ1) is 16.4. The van der Waals surface area contributed by atoms with Crippen LogP contribution < -0.4 is 0 Å². The Morgan fingerprint density at radius 1 is 1.13 bits per heavy atom. The Morgan fingerprint density at radius 2 is 1.78 bits per heavy atom. The monoisotopic (exact) mass is 358 g/mol. The zero-order valence-electron chi connectivity index (χ0n) is 12.0. The van der Waals surface area contributed by atoms with Crippen molar-refractivity contribution in [1.82, 2.24) is 4.90 Å². The fourth-order valence-electron chi connectivity index (χ4n) is 2.21. The van der Waals surface area contributed by atoms with Crippen LogP contribution in [0.4, 0.5) is 13.2 Å². The summed E-state index contributed by atoms with van der Waals surface area (Å²) in [5, 5.41) is 0.688. The number of nitrogens with zero attached hydrogens (tertiary/aromatic N) is 2. The molecule has 1 saturated heterocycles. The molecule has 0 bridgehead atoms. The number of thioether (sulfide) groups is 2. The summed E-state index contributed by atoms with van der Waals surface area (Å²) < 4.78 is 37.6. The fraction of sp³-hybridized carbons (Fsp3) is 0.333. The summed E-state index contributed by atoms with van der Waals surface area (Å²) >= 11 is 3.15. The van der Waals surface area contributed by atoms with E-state index in [9.17, 15) is 18.0 Å². The molecule has 1 amide bonds. The van der Waals surface area contributed by atoms with Gasteiger partial charge in [-0.25, -0.2) is 0 Å². The molecule has 0 aliphatic carbocycles. The second-order valence-corrected chi connectivity index (χ2v) is 7.26. The van der Waals surface area contributed by atoms with Crippen molar-refractivity contribution in [3.8, 4) is 0 Å². The molecule has 23 heavy (non-hydrogen) atoms. The predicted molar refractivity (Wildman–Crippen MR) is 88.4 cm³/mol. The van der Waals surface area contributed by atoms with E-state index < -0.39 is 11.7 Å². The van der Waals surface area contributed by atoms with E-state index in [0.29, 0.717) is 15.6 Å². The lowest BCUT2D eigenvalue weighted by Gasteiger charge is -2.26. The minimum Gasteiger partial charge on any atom is -0.349 e. The first-order valence-corrected chi connectivity index (χ1v) is 8.93. The molecule has 0 radical (unpaired) electrons. The molecule has 2 heterocycles. The summed E-state index contributed by atoms with van der Waals surface area (Å²) in [6.45, 7) is 1.72. The van der Waals surface area contributed by atoms with Crippen LogP contribution in [0.5, 0.6) is 0 Å². The Morgan fingerprint density at radius 3 is 2.39 bits per heavy atom. The van der Waals surface area contributed by atoms with Crippen LogP contribution in [-0.2, 0) is 11.0 Å². The highest BCUT2D eigenvalue weighted by molar-refractivity contribution is 8.18. The van der Waals surface area contributed by atoms with Gasteiger partial charge in [-0.2, -0.15) is 29.9 Å². The van der Waals surface area contributed by atoms with Gasteiger partial charge in [0.15, 0.2) is 5.17 Å². The van der Waals surface area contributed by atoms with Crippen molar-refractivity contribution in [2.24, 2.45) is 4.99 Å². The molecule has 1 fully saturated rings. The highest BCUT2D eigenvalue weighted by Crippen LogP contribution is 2.32. The van der Waals surface area contributed by atoms with E-state index in [1.165, 1.54) is 23.9 Å². The maximum absolute atomic E-state index is 12.5. The fourth-order valence-corrected chi connectivity index (χ4v) is 4.08. The van der Waals surface area contributed by atoms with E-state index in [0.717, 1.165) is 36.7 Å². The number of amides is 1. The Kier molecular flexibility index (Phi) is 4.72. The number of carbonyl (C=O) groups is 1. The van der Waals surface area contributed by atoms with Crippen molar-refractivity contribution >= 4 is 40.7 Å². The molecule has 3 rings (SSSR count). The molecule has 1 aromatic rings. The lowest BCUT2D eigenvalue weighted by atomic mass is 10.1. The average molecular weight is 358 g/mol. The maximum atomic E-state index is 12.5. The van der Waals surface area contributed by atoms with E-state index in [4.69, 9.17) is 0 Å².